The van der Waals surface area contributed by atoms with Crippen LogP contribution in [0.2, 0.25) is 0 Å². The number of carbonyl (C=O) groups excluding carboxylic acids is 2. The first-order chi connectivity index (χ1) is 19.0. The Kier molecular flexibility index (Phi) is 8.49. The SMILES string of the molecule is COC(=O)c1ccc2c(N(C[C@H]3CC[C@H](c4ccc(OC)c(C)c4)CC3)C(=O)C3CCCCC3)nccc2c1. The second-order valence-electron chi connectivity index (χ2n) is 11.3. The van der Waals surface area contributed by atoms with Gasteiger partial charge in [0.15, 0.2) is 0 Å². The summed E-state index contributed by atoms with van der Waals surface area (Å²) in [4.78, 5) is 32.9. The van der Waals surface area contributed by atoms with Crippen molar-refractivity contribution < 1.29 is 19.1 Å². The first-order valence-corrected chi connectivity index (χ1v) is 14.4. The summed E-state index contributed by atoms with van der Waals surface area (Å²) in [5.74, 6) is 2.52. The van der Waals surface area contributed by atoms with Crippen LogP contribution in [0.5, 0.6) is 5.75 Å². The molecule has 0 unspecified atom stereocenters. The summed E-state index contributed by atoms with van der Waals surface area (Å²) in [5.41, 5.74) is 3.07. The summed E-state index contributed by atoms with van der Waals surface area (Å²) in [6, 6.07) is 14.0. The summed E-state index contributed by atoms with van der Waals surface area (Å²) >= 11 is 0. The monoisotopic (exact) mass is 528 g/mol. The van der Waals surface area contributed by atoms with Crippen molar-refractivity contribution in [2.24, 2.45) is 11.8 Å². The minimum Gasteiger partial charge on any atom is -0.496 e. The number of carbonyl (C=O) groups is 2. The van der Waals surface area contributed by atoms with Crippen LogP contribution in [0.4, 0.5) is 5.82 Å². The highest BCUT2D eigenvalue weighted by molar-refractivity contribution is 6.04. The smallest absolute Gasteiger partial charge is 0.337 e. The maximum atomic E-state index is 14.0. The third-order valence-corrected chi connectivity index (χ3v) is 8.82. The van der Waals surface area contributed by atoms with Gasteiger partial charge < -0.3 is 9.47 Å². The predicted molar refractivity (Wildman–Crippen MR) is 154 cm³/mol. The van der Waals surface area contributed by atoms with E-state index in [2.05, 4.69) is 25.1 Å². The van der Waals surface area contributed by atoms with E-state index < -0.39 is 0 Å². The van der Waals surface area contributed by atoms with Gasteiger partial charge in [-0.05, 0) is 104 Å². The zero-order chi connectivity index (χ0) is 27.4. The van der Waals surface area contributed by atoms with E-state index in [9.17, 15) is 9.59 Å². The van der Waals surface area contributed by atoms with E-state index in [1.54, 1.807) is 19.4 Å². The third kappa shape index (κ3) is 5.95. The first-order valence-electron chi connectivity index (χ1n) is 14.4. The number of anilines is 1. The van der Waals surface area contributed by atoms with Gasteiger partial charge in [-0.1, -0.05) is 31.4 Å². The number of esters is 1. The highest BCUT2D eigenvalue weighted by Crippen LogP contribution is 2.39. The van der Waals surface area contributed by atoms with Crippen molar-refractivity contribution >= 4 is 28.5 Å². The summed E-state index contributed by atoms with van der Waals surface area (Å²) in [6.45, 7) is 2.79. The number of hydrogen-bond acceptors (Lipinski definition) is 5. The molecule has 6 heteroatoms. The highest BCUT2D eigenvalue weighted by Gasteiger charge is 2.32. The average molecular weight is 529 g/mol. The molecule has 2 aromatic carbocycles. The molecule has 5 rings (SSSR count). The Labute approximate surface area is 231 Å². The summed E-state index contributed by atoms with van der Waals surface area (Å²) in [7, 11) is 3.11. The predicted octanol–water partition coefficient (Wildman–Crippen LogP) is 7.23. The van der Waals surface area contributed by atoms with E-state index in [-0.39, 0.29) is 17.8 Å². The van der Waals surface area contributed by atoms with Gasteiger partial charge in [-0.25, -0.2) is 9.78 Å². The Balaban J connectivity index is 1.38. The quantitative estimate of drug-likeness (QED) is 0.303. The second-order valence-corrected chi connectivity index (χ2v) is 11.3. The number of rotatable bonds is 7. The molecule has 2 fully saturated rings. The van der Waals surface area contributed by atoms with Crippen LogP contribution in [-0.2, 0) is 9.53 Å². The van der Waals surface area contributed by atoms with Crippen molar-refractivity contribution in [3.63, 3.8) is 0 Å². The van der Waals surface area contributed by atoms with Crippen molar-refractivity contribution in [2.45, 2.75) is 70.6 Å². The summed E-state index contributed by atoms with van der Waals surface area (Å²) < 4.78 is 10.4. The number of ether oxygens (including phenoxy) is 2. The third-order valence-electron chi connectivity index (χ3n) is 8.82. The fraction of sp³-hybridized carbons (Fsp3) is 0.485. The molecule has 0 saturated heterocycles. The molecule has 6 nitrogen and oxygen atoms in total. The van der Waals surface area contributed by atoms with E-state index in [1.807, 2.05) is 23.1 Å². The van der Waals surface area contributed by atoms with Crippen LogP contribution in [0, 0.1) is 18.8 Å². The molecule has 0 bridgehead atoms. The van der Waals surface area contributed by atoms with E-state index in [0.29, 0.717) is 29.8 Å². The molecule has 206 valence electrons. The van der Waals surface area contributed by atoms with E-state index in [4.69, 9.17) is 14.5 Å². The molecule has 2 saturated carbocycles. The van der Waals surface area contributed by atoms with Crippen molar-refractivity contribution in [3.8, 4) is 5.75 Å². The molecule has 0 N–H and O–H groups in total. The number of fused-ring (bicyclic) bond motifs is 1. The zero-order valence-corrected chi connectivity index (χ0v) is 23.4. The minimum atomic E-state index is -0.366. The number of amides is 1. The van der Waals surface area contributed by atoms with Crippen LogP contribution in [0.15, 0.2) is 48.7 Å². The molecule has 2 aliphatic carbocycles. The van der Waals surface area contributed by atoms with Crippen molar-refractivity contribution in [1.82, 2.24) is 4.98 Å². The van der Waals surface area contributed by atoms with Crippen molar-refractivity contribution in [3.05, 3.63) is 65.4 Å². The van der Waals surface area contributed by atoms with Crippen LogP contribution < -0.4 is 9.64 Å². The molecule has 0 atom stereocenters. The Morgan fingerprint density at radius 1 is 0.923 bits per heavy atom. The van der Waals surface area contributed by atoms with Gasteiger partial charge in [0.1, 0.15) is 11.6 Å². The van der Waals surface area contributed by atoms with Gasteiger partial charge in [-0.15, -0.1) is 0 Å². The number of nitrogens with zero attached hydrogens (tertiary/aromatic N) is 2. The Hall–Kier alpha value is -3.41. The zero-order valence-electron chi connectivity index (χ0n) is 23.4. The van der Waals surface area contributed by atoms with E-state index >= 15 is 0 Å². The topological polar surface area (TPSA) is 68.7 Å². The number of benzene rings is 2. The van der Waals surface area contributed by atoms with Gasteiger partial charge in [-0.2, -0.15) is 0 Å². The molecule has 1 amide bonds. The number of aryl methyl sites for hydroxylation is 1. The Morgan fingerprint density at radius 3 is 2.38 bits per heavy atom. The van der Waals surface area contributed by atoms with Crippen molar-refractivity contribution in [1.29, 1.82) is 0 Å². The fourth-order valence-electron chi connectivity index (χ4n) is 6.56. The van der Waals surface area contributed by atoms with Gasteiger partial charge in [0.25, 0.3) is 0 Å². The standard InChI is InChI=1S/C33H40N2O4/c1-22-19-26(14-16-30(22)38-2)24-11-9-23(10-12-24)21-35(32(36)25-7-5-4-6-8-25)31-29-15-13-28(33(37)39-3)20-27(29)17-18-34-31/h13-20,23-25H,4-12,21H2,1-3H3/t23-,24-. The van der Waals surface area contributed by atoms with Gasteiger partial charge in [0.05, 0.1) is 19.8 Å². The van der Waals surface area contributed by atoms with Gasteiger partial charge in [-0.3, -0.25) is 9.69 Å². The lowest BCUT2D eigenvalue weighted by Gasteiger charge is -2.35. The molecule has 3 aromatic rings. The first kappa shape index (κ1) is 27.2. The number of aromatic nitrogens is 1. The molecule has 0 spiro atoms. The van der Waals surface area contributed by atoms with Crippen LogP contribution in [-0.4, -0.2) is 37.6 Å². The molecule has 1 aromatic heterocycles. The van der Waals surface area contributed by atoms with Crippen LogP contribution in [0.3, 0.4) is 0 Å². The van der Waals surface area contributed by atoms with Gasteiger partial charge in [0.2, 0.25) is 5.91 Å². The van der Waals surface area contributed by atoms with Crippen LogP contribution in [0.1, 0.15) is 85.2 Å². The lowest BCUT2D eigenvalue weighted by molar-refractivity contribution is -0.123. The Bertz CT molecular complexity index is 1320. The number of methoxy groups -OCH3 is 2. The van der Waals surface area contributed by atoms with Gasteiger partial charge in [0, 0.05) is 24.0 Å². The molecule has 2 aliphatic rings. The minimum absolute atomic E-state index is 0.0590. The average Bonchev–Trinajstić information content (AvgIpc) is 2.99. The maximum Gasteiger partial charge on any atom is 0.337 e. The van der Waals surface area contributed by atoms with Crippen LogP contribution >= 0.6 is 0 Å². The van der Waals surface area contributed by atoms with Crippen LogP contribution in [0.25, 0.3) is 10.8 Å². The number of hydrogen-bond donors (Lipinski definition) is 0. The lowest BCUT2D eigenvalue weighted by Crippen LogP contribution is -2.41. The lowest BCUT2D eigenvalue weighted by atomic mass is 9.78. The normalized spacial score (nSPS) is 20.0. The Morgan fingerprint density at radius 2 is 1.69 bits per heavy atom. The van der Waals surface area contributed by atoms with E-state index in [0.717, 1.165) is 67.9 Å². The number of pyridine rings is 1. The largest absolute Gasteiger partial charge is 0.496 e. The summed E-state index contributed by atoms with van der Waals surface area (Å²) in [6.07, 6.45) is 11.5. The molecular formula is C33H40N2O4. The van der Waals surface area contributed by atoms with Crippen molar-refractivity contribution in [2.75, 3.05) is 25.7 Å². The molecular weight excluding hydrogens is 488 g/mol. The molecule has 1 heterocycles. The molecule has 0 aliphatic heterocycles. The summed E-state index contributed by atoms with van der Waals surface area (Å²) in [5, 5.41) is 1.79. The van der Waals surface area contributed by atoms with Gasteiger partial charge >= 0.3 is 5.97 Å². The molecule has 0 radical (unpaired) electrons. The highest BCUT2D eigenvalue weighted by atomic mass is 16.5. The molecule has 39 heavy (non-hydrogen) atoms. The van der Waals surface area contributed by atoms with E-state index in [1.165, 1.54) is 24.7 Å². The fourth-order valence-corrected chi connectivity index (χ4v) is 6.56. The maximum absolute atomic E-state index is 14.0. The second kappa shape index (κ2) is 12.2.